The molecule has 6 heteroatoms. The molecule has 6 nitrogen and oxygen atoms in total. The van der Waals surface area contributed by atoms with Crippen LogP contribution in [0.2, 0.25) is 0 Å². The van der Waals surface area contributed by atoms with Gasteiger partial charge in [-0.1, -0.05) is 12.1 Å². The second kappa shape index (κ2) is 8.30. The first-order valence-corrected chi connectivity index (χ1v) is 9.55. The van der Waals surface area contributed by atoms with Crippen molar-refractivity contribution >= 4 is 17.6 Å². The Morgan fingerprint density at radius 3 is 2.61 bits per heavy atom. The number of likely N-dealkylation sites (tertiary alicyclic amines) is 1. The lowest BCUT2D eigenvalue weighted by Crippen LogP contribution is -2.41. The van der Waals surface area contributed by atoms with Gasteiger partial charge in [-0.15, -0.1) is 0 Å². The molecule has 28 heavy (non-hydrogen) atoms. The summed E-state index contributed by atoms with van der Waals surface area (Å²) < 4.78 is 5.45. The summed E-state index contributed by atoms with van der Waals surface area (Å²) in [5, 5.41) is 12.2. The second-order valence-electron chi connectivity index (χ2n) is 8.04. The van der Waals surface area contributed by atoms with E-state index in [1.165, 1.54) is 5.56 Å². The zero-order valence-electron chi connectivity index (χ0n) is 16.6. The molecule has 0 radical (unpaired) electrons. The summed E-state index contributed by atoms with van der Waals surface area (Å²) in [6.45, 7) is 7.04. The van der Waals surface area contributed by atoms with Crippen LogP contribution in [-0.2, 0) is 4.74 Å². The van der Waals surface area contributed by atoms with Crippen LogP contribution in [0.3, 0.4) is 0 Å². The fraction of sp³-hybridized carbons (Fsp3) is 0.409. The lowest BCUT2D eigenvalue weighted by molar-refractivity contribution is 0.0205. The quantitative estimate of drug-likeness (QED) is 0.829. The number of carbonyl (C=O) groups is 1. The molecule has 2 heterocycles. The van der Waals surface area contributed by atoms with E-state index in [4.69, 9.17) is 10.00 Å². The second-order valence-corrected chi connectivity index (χ2v) is 8.04. The number of ether oxygens (including phenoxy) is 1. The largest absolute Gasteiger partial charge is 0.444 e. The molecule has 0 unspecified atom stereocenters. The molecule has 0 bridgehead atoms. The number of pyridine rings is 1. The van der Waals surface area contributed by atoms with Gasteiger partial charge in [0.05, 0.1) is 11.6 Å². The van der Waals surface area contributed by atoms with Crippen molar-refractivity contribution < 1.29 is 9.53 Å². The van der Waals surface area contributed by atoms with E-state index in [2.05, 4.69) is 22.4 Å². The molecule has 0 atom stereocenters. The Morgan fingerprint density at radius 1 is 1.25 bits per heavy atom. The van der Waals surface area contributed by atoms with Gasteiger partial charge >= 0.3 is 6.09 Å². The van der Waals surface area contributed by atoms with Crippen molar-refractivity contribution in [1.82, 2.24) is 9.88 Å². The zero-order chi connectivity index (χ0) is 20.1. The monoisotopic (exact) mass is 378 g/mol. The molecule has 1 aromatic heterocycles. The Morgan fingerprint density at radius 2 is 2.00 bits per heavy atom. The van der Waals surface area contributed by atoms with E-state index in [-0.39, 0.29) is 6.09 Å². The number of anilines is 2. The molecule has 0 spiro atoms. The number of nitrogens with zero attached hydrogens (tertiary/aromatic N) is 3. The van der Waals surface area contributed by atoms with E-state index in [9.17, 15) is 4.79 Å². The van der Waals surface area contributed by atoms with E-state index >= 15 is 0 Å². The highest BCUT2D eigenvalue weighted by molar-refractivity contribution is 5.68. The number of nitriles is 1. The van der Waals surface area contributed by atoms with Crippen LogP contribution in [-0.4, -0.2) is 34.7 Å². The number of benzene rings is 1. The molecule has 1 amide bonds. The fourth-order valence-electron chi connectivity index (χ4n) is 3.26. The van der Waals surface area contributed by atoms with Gasteiger partial charge in [-0.25, -0.2) is 9.78 Å². The van der Waals surface area contributed by atoms with Crippen LogP contribution in [0.15, 0.2) is 42.6 Å². The number of piperidine rings is 1. The third-order valence-corrected chi connectivity index (χ3v) is 4.67. The molecule has 1 N–H and O–H groups in total. The van der Waals surface area contributed by atoms with Crippen LogP contribution in [0.25, 0.3) is 0 Å². The predicted octanol–water partition coefficient (Wildman–Crippen LogP) is 4.81. The SMILES string of the molecule is CC(C)(C)OC(=O)N1CCC(c2ccc(Nc3cccc(C#N)c3)nc2)CC1. The Hall–Kier alpha value is -3.07. The molecular weight excluding hydrogens is 352 g/mol. The molecule has 0 saturated carbocycles. The topological polar surface area (TPSA) is 78.2 Å². The third-order valence-electron chi connectivity index (χ3n) is 4.67. The lowest BCUT2D eigenvalue weighted by atomic mass is 9.90. The van der Waals surface area contributed by atoms with Crippen LogP contribution in [0.5, 0.6) is 0 Å². The van der Waals surface area contributed by atoms with E-state index in [0.29, 0.717) is 24.6 Å². The van der Waals surface area contributed by atoms with Gasteiger partial charge in [-0.05, 0) is 69.4 Å². The summed E-state index contributed by atoms with van der Waals surface area (Å²) >= 11 is 0. The first-order chi connectivity index (χ1) is 13.3. The Labute approximate surface area is 166 Å². The van der Waals surface area contributed by atoms with Gasteiger partial charge in [0.25, 0.3) is 0 Å². The summed E-state index contributed by atoms with van der Waals surface area (Å²) in [6.07, 6.45) is 3.46. The maximum Gasteiger partial charge on any atom is 0.410 e. The highest BCUT2D eigenvalue weighted by Crippen LogP contribution is 2.29. The smallest absolute Gasteiger partial charge is 0.410 e. The molecule has 2 aromatic rings. The van der Waals surface area contributed by atoms with Gasteiger partial charge in [-0.2, -0.15) is 5.26 Å². The lowest BCUT2D eigenvalue weighted by Gasteiger charge is -2.33. The van der Waals surface area contributed by atoms with Crippen LogP contribution in [0.1, 0.15) is 50.7 Å². The van der Waals surface area contributed by atoms with E-state index in [1.807, 2.05) is 45.2 Å². The van der Waals surface area contributed by atoms with E-state index in [1.54, 1.807) is 17.0 Å². The van der Waals surface area contributed by atoms with Crippen molar-refractivity contribution in [3.8, 4) is 6.07 Å². The van der Waals surface area contributed by atoms with Crippen LogP contribution in [0.4, 0.5) is 16.3 Å². The van der Waals surface area contributed by atoms with Crippen molar-refractivity contribution in [1.29, 1.82) is 5.26 Å². The van der Waals surface area contributed by atoms with Crippen molar-refractivity contribution in [2.24, 2.45) is 0 Å². The number of hydrogen-bond acceptors (Lipinski definition) is 5. The van der Waals surface area contributed by atoms with Gasteiger partial charge in [0.2, 0.25) is 0 Å². The Balaban J connectivity index is 1.56. The Kier molecular flexibility index (Phi) is 5.84. The molecule has 146 valence electrons. The number of nitrogens with one attached hydrogen (secondary N) is 1. The standard InChI is InChI=1S/C22H26N4O2/c1-22(2,3)28-21(27)26-11-9-17(10-12-26)18-7-8-20(24-15-18)25-19-6-4-5-16(13-19)14-23/h4-8,13,15,17H,9-12H2,1-3H3,(H,24,25). The minimum absolute atomic E-state index is 0.233. The van der Waals surface area contributed by atoms with E-state index < -0.39 is 5.60 Å². The molecule has 1 aliphatic rings. The molecule has 1 fully saturated rings. The van der Waals surface area contributed by atoms with Gasteiger partial charge in [-0.3, -0.25) is 0 Å². The summed E-state index contributed by atoms with van der Waals surface area (Å²) in [5.41, 5.74) is 2.16. The van der Waals surface area contributed by atoms with Crippen molar-refractivity contribution in [3.63, 3.8) is 0 Å². The highest BCUT2D eigenvalue weighted by atomic mass is 16.6. The number of amides is 1. The third kappa shape index (κ3) is 5.23. The van der Waals surface area contributed by atoms with Crippen LogP contribution in [0, 0.1) is 11.3 Å². The van der Waals surface area contributed by atoms with Gasteiger partial charge < -0.3 is 15.0 Å². The van der Waals surface area contributed by atoms with Gasteiger partial charge in [0, 0.05) is 25.0 Å². The molecule has 1 aromatic carbocycles. The van der Waals surface area contributed by atoms with Crippen LogP contribution >= 0.6 is 0 Å². The number of aromatic nitrogens is 1. The molecule has 1 aliphatic heterocycles. The van der Waals surface area contributed by atoms with Gasteiger partial charge in [0.1, 0.15) is 11.4 Å². The average molecular weight is 378 g/mol. The summed E-state index contributed by atoms with van der Waals surface area (Å²) in [6, 6.07) is 13.5. The zero-order valence-corrected chi connectivity index (χ0v) is 16.6. The maximum atomic E-state index is 12.2. The first-order valence-electron chi connectivity index (χ1n) is 9.55. The molecular formula is C22H26N4O2. The minimum atomic E-state index is -0.465. The summed E-state index contributed by atoms with van der Waals surface area (Å²) in [5.74, 6) is 1.13. The van der Waals surface area contributed by atoms with Crippen molar-refractivity contribution in [3.05, 3.63) is 53.7 Å². The van der Waals surface area contributed by atoms with Crippen molar-refractivity contribution in [2.75, 3.05) is 18.4 Å². The van der Waals surface area contributed by atoms with Crippen molar-refractivity contribution in [2.45, 2.75) is 45.1 Å². The Bertz CT molecular complexity index is 857. The molecule has 3 rings (SSSR count). The molecule has 0 aliphatic carbocycles. The maximum absolute atomic E-state index is 12.2. The summed E-state index contributed by atoms with van der Waals surface area (Å²) in [7, 11) is 0. The highest BCUT2D eigenvalue weighted by Gasteiger charge is 2.27. The minimum Gasteiger partial charge on any atom is -0.444 e. The normalized spacial score (nSPS) is 15.0. The first kappa shape index (κ1) is 19.7. The molecule has 1 saturated heterocycles. The number of hydrogen-bond donors (Lipinski definition) is 1. The number of rotatable bonds is 3. The average Bonchev–Trinajstić information content (AvgIpc) is 2.67. The van der Waals surface area contributed by atoms with Crippen LogP contribution < -0.4 is 5.32 Å². The van der Waals surface area contributed by atoms with E-state index in [0.717, 1.165) is 24.3 Å². The summed E-state index contributed by atoms with van der Waals surface area (Å²) in [4.78, 5) is 18.5. The number of carbonyl (C=O) groups excluding carboxylic acids is 1. The fourth-order valence-corrected chi connectivity index (χ4v) is 3.26. The van der Waals surface area contributed by atoms with Gasteiger partial charge in [0.15, 0.2) is 0 Å². The predicted molar refractivity (Wildman–Crippen MR) is 108 cm³/mol.